The average Bonchev–Trinajstić information content (AvgIpc) is 3.14. The highest BCUT2D eigenvalue weighted by Gasteiger charge is 2.28. The second kappa shape index (κ2) is 8.10. The summed E-state index contributed by atoms with van der Waals surface area (Å²) >= 11 is 1.55. The largest absolute Gasteiger partial charge is 0.507 e. The van der Waals surface area contributed by atoms with Gasteiger partial charge in [-0.25, -0.2) is 0 Å². The van der Waals surface area contributed by atoms with Crippen molar-refractivity contribution in [1.82, 2.24) is 9.88 Å². The number of aromatic hydroxyl groups is 1. The standard InChI is InChI=1S/C20H22N2O5S/c1-11(2)13-5-3-12(4-6-13)8-22-15-10-28-9-14(15)18(25)17(20(22)27)19(26)21-7-16(23)24/h3-6,11,25H,7-10H2,1-2H3,(H,21,26)(H,23,24). The van der Waals surface area contributed by atoms with Crippen LogP contribution in [-0.4, -0.2) is 33.2 Å². The average molecular weight is 402 g/mol. The topological polar surface area (TPSA) is 109 Å². The van der Waals surface area contributed by atoms with E-state index in [0.29, 0.717) is 28.7 Å². The van der Waals surface area contributed by atoms with Gasteiger partial charge in [0.25, 0.3) is 11.5 Å². The minimum Gasteiger partial charge on any atom is -0.507 e. The molecular formula is C20H22N2O5S. The number of amides is 1. The molecule has 0 bridgehead atoms. The zero-order valence-corrected chi connectivity index (χ0v) is 16.5. The Balaban J connectivity index is 2.02. The van der Waals surface area contributed by atoms with E-state index >= 15 is 0 Å². The van der Waals surface area contributed by atoms with Gasteiger partial charge in [0.1, 0.15) is 17.9 Å². The summed E-state index contributed by atoms with van der Waals surface area (Å²) in [4.78, 5) is 36.1. The number of aliphatic carboxylic acids is 1. The molecule has 2 heterocycles. The number of carbonyl (C=O) groups excluding carboxylic acids is 1. The van der Waals surface area contributed by atoms with Crippen molar-refractivity contribution in [2.24, 2.45) is 0 Å². The van der Waals surface area contributed by atoms with Crippen molar-refractivity contribution in [3.05, 3.63) is 62.6 Å². The Hall–Kier alpha value is -2.74. The van der Waals surface area contributed by atoms with Gasteiger partial charge >= 0.3 is 5.97 Å². The summed E-state index contributed by atoms with van der Waals surface area (Å²) in [7, 11) is 0. The van der Waals surface area contributed by atoms with Gasteiger partial charge in [0.2, 0.25) is 0 Å². The number of carboxylic acids is 1. The summed E-state index contributed by atoms with van der Waals surface area (Å²) in [5, 5.41) is 21.4. The molecule has 148 valence electrons. The van der Waals surface area contributed by atoms with Gasteiger partial charge in [-0.2, -0.15) is 11.8 Å². The van der Waals surface area contributed by atoms with E-state index in [9.17, 15) is 19.5 Å². The van der Waals surface area contributed by atoms with E-state index in [-0.39, 0.29) is 12.3 Å². The van der Waals surface area contributed by atoms with Crippen LogP contribution in [0.2, 0.25) is 0 Å². The van der Waals surface area contributed by atoms with Crippen LogP contribution < -0.4 is 10.9 Å². The van der Waals surface area contributed by atoms with E-state index in [4.69, 9.17) is 5.11 Å². The lowest BCUT2D eigenvalue weighted by Crippen LogP contribution is -2.37. The Labute approximate surface area is 166 Å². The van der Waals surface area contributed by atoms with Gasteiger partial charge in [0.05, 0.1) is 6.54 Å². The molecule has 0 atom stereocenters. The number of rotatable bonds is 6. The first-order valence-electron chi connectivity index (χ1n) is 8.93. The molecule has 0 spiro atoms. The molecule has 1 aliphatic rings. The molecule has 0 fully saturated rings. The number of fused-ring (bicyclic) bond motifs is 1. The highest BCUT2D eigenvalue weighted by molar-refractivity contribution is 7.98. The van der Waals surface area contributed by atoms with E-state index in [1.54, 1.807) is 11.8 Å². The molecule has 28 heavy (non-hydrogen) atoms. The molecule has 3 rings (SSSR count). The Kier molecular flexibility index (Phi) is 5.79. The maximum Gasteiger partial charge on any atom is 0.322 e. The third-order valence-electron chi connectivity index (χ3n) is 4.76. The maximum atomic E-state index is 13.0. The number of nitrogens with one attached hydrogen (secondary N) is 1. The predicted molar refractivity (Wildman–Crippen MR) is 107 cm³/mol. The van der Waals surface area contributed by atoms with E-state index in [1.165, 1.54) is 10.1 Å². The summed E-state index contributed by atoms with van der Waals surface area (Å²) in [5.41, 5.74) is 2.35. The first kappa shape index (κ1) is 20.0. The highest BCUT2D eigenvalue weighted by Crippen LogP contribution is 2.36. The number of hydrogen-bond donors (Lipinski definition) is 3. The predicted octanol–water partition coefficient (Wildman–Crippen LogP) is 2.29. The minimum atomic E-state index is -1.23. The zero-order valence-electron chi connectivity index (χ0n) is 15.7. The quantitative estimate of drug-likeness (QED) is 0.684. The van der Waals surface area contributed by atoms with Crippen LogP contribution in [0.5, 0.6) is 5.75 Å². The fraction of sp³-hybridized carbons (Fsp3) is 0.350. The van der Waals surface area contributed by atoms with Crippen LogP contribution >= 0.6 is 11.8 Å². The molecule has 1 amide bonds. The van der Waals surface area contributed by atoms with Crippen LogP contribution in [-0.2, 0) is 22.8 Å². The Morgan fingerprint density at radius 2 is 1.89 bits per heavy atom. The second-order valence-corrected chi connectivity index (χ2v) is 7.99. The third-order valence-corrected chi connectivity index (χ3v) is 5.73. The van der Waals surface area contributed by atoms with Gasteiger partial charge in [-0.3, -0.25) is 14.4 Å². The van der Waals surface area contributed by atoms with Gasteiger partial charge in [-0.1, -0.05) is 38.1 Å². The number of aromatic nitrogens is 1. The Morgan fingerprint density at radius 3 is 2.50 bits per heavy atom. The first-order chi connectivity index (χ1) is 13.3. The maximum absolute atomic E-state index is 13.0. The summed E-state index contributed by atoms with van der Waals surface area (Å²) < 4.78 is 1.51. The van der Waals surface area contributed by atoms with Crippen molar-refractivity contribution in [2.75, 3.05) is 6.54 Å². The van der Waals surface area contributed by atoms with Crippen LogP contribution in [0.1, 0.15) is 52.5 Å². The normalized spacial score (nSPS) is 12.8. The van der Waals surface area contributed by atoms with Crippen molar-refractivity contribution < 1.29 is 19.8 Å². The van der Waals surface area contributed by atoms with E-state index in [2.05, 4.69) is 19.2 Å². The molecule has 0 radical (unpaired) electrons. The lowest BCUT2D eigenvalue weighted by Gasteiger charge is -2.16. The molecular weight excluding hydrogens is 380 g/mol. The first-order valence-corrected chi connectivity index (χ1v) is 10.1. The Morgan fingerprint density at radius 1 is 1.21 bits per heavy atom. The summed E-state index contributed by atoms with van der Waals surface area (Å²) in [5.74, 6) is -0.995. The molecule has 0 unspecified atom stereocenters. The monoisotopic (exact) mass is 402 g/mol. The fourth-order valence-electron chi connectivity index (χ4n) is 3.18. The smallest absolute Gasteiger partial charge is 0.322 e. The van der Waals surface area contributed by atoms with E-state index in [1.807, 2.05) is 24.3 Å². The van der Waals surface area contributed by atoms with Crippen LogP contribution in [0.3, 0.4) is 0 Å². The van der Waals surface area contributed by atoms with Gasteiger partial charge in [-0.05, 0) is 17.0 Å². The van der Waals surface area contributed by atoms with Crippen LogP contribution in [0.4, 0.5) is 0 Å². The number of nitrogens with zero attached hydrogens (tertiary/aromatic N) is 1. The lowest BCUT2D eigenvalue weighted by molar-refractivity contribution is -0.135. The molecule has 3 N–H and O–H groups in total. The zero-order chi connectivity index (χ0) is 20.4. The molecule has 0 saturated carbocycles. The Bertz CT molecular complexity index is 980. The van der Waals surface area contributed by atoms with E-state index in [0.717, 1.165) is 5.56 Å². The molecule has 2 aromatic rings. The number of hydrogen-bond acceptors (Lipinski definition) is 5. The third kappa shape index (κ3) is 3.91. The van der Waals surface area contributed by atoms with Crippen molar-refractivity contribution in [2.45, 2.75) is 37.8 Å². The van der Waals surface area contributed by atoms with Crippen molar-refractivity contribution in [3.8, 4) is 5.75 Å². The molecule has 1 aromatic carbocycles. The number of benzene rings is 1. The number of carbonyl (C=O) groups is 2. The highest BCUT2D eigenvalue weighted by atomic mass is 32.2. The lowest BCUT2D eigenvalue weighted by atomic mass is 10.0. The number of carboxylic acid groups (broad SMARTS) is 1. The van der Waals surface area contributed by atoms with Crippen LogP contribution in [0.15, 0.2) is 29.1 Å². The summed E-state index contributed by atoms with van der Waals surface area (Å²) in [6.07, 6.45) is 0. The number of thioether (sulfide) groups is 1. The van der Waals surface area contributed by atoms with Gasteiger partial charge in [0, 0.05) is 22.8 Å². The van der Waals surface area contributed by atoms with Gasteiger partial charge < -0.3 is 20.1 Å². The molecule has 0 aliphatic carbocycles. The summed E-state index contributed by atoms with van der Waals surface area (Å²) in [6, 6.07) is 7.93. The van der Waals surface area contributed by atoms with Crippen molar-refractivity contribution in [3.63, 3.8) is 0 Å². The van der Waals surface area contributed by atoms with Gasteiger partial charge in [-0.15, -0.1) is 0 Å². The molecule has 1 aromatic heterocycles. The molecule has 7 nitrogen and oxygen atoms in total. The van der Waals surface area contributed by atoms with Crippen molar-refractivity contribution in [1.29, 1.82) is 0 Å². The van der Waals surface area contributed by atoms with Crippen LogP contribution in [0.25, 0.3) is 0 Å². The fourth-order valence-corrected chi connectivity index (χ4v) is 4.32. The summed E-state index contributed by atoms with van der Waals surface area (Å²) in [6.45, 7) is 3.86. The van der Waals surface area contributed by atoms with E-state index < -0.39 is 29.5 Å². The minimum absolute atomic E-state index is 0.277. The van der Waals surface area contributed by atoms with Crippen LogP contribution in [0, 0.1) is 0 Å². The van der Waals surface area contributed by atoms with Crippen molar-refractivity contribution >= 4 is 23.6 Å². The molecule has 0 saturated heterocycles. The number of pyridine rings is 1. The van der Waals surface area contributed by atoms with Gasteiger partial charge in [0.15, 0.2) is 0 Å². The SMILES string of the molecule is CC(C)c1ccc(Cn2c3c(c(O)c(C(=O)NCC(=O)O)c2=O)CSC3)cc1. The molecule has 8 heteroatoms. The molecule has 1 aliphatic heterocycles. The second-order valence-electron chi connectivity index (χ2n) is 7.01.